The summed E-state index contributed by atoms with van der Waals surface area (Å²) in [5.41, 5.74) is 1.53. The molecule has 224 valence electrons. The molecule has 1 fully saturated rings. The van der Waals surface area contributed by atoms with Crippen molar-refractivity contribution in [2.75, 3.05) is 11.9 Å². The first-order valence-electron chi connectivity index (χ1n) is 14.4. The molecule has 9 heteroatoms. The van der Waals surface area contributed by atoms with Crippen LogP contribution in [-0.4, -0.2) is 34.8 Å². The number of para-hydroxylation sites is 1. The number of aromatic hydroxyl groups is 1. The van der Waals surface area contributed by atoms with Crippen LogP contribution >= 0.6 is 0 Å². The SMILES string of the molecule is CC(C)C1C(C)CCCC1OCC(=O)NCc1ccc(NCc2c(F)cccc2Oc2cccc(C(=O)O)c2O)cc1. The van der Waals surface area contributed by atoms with Crippen LogP contribution in [0.4, 0.5) is 10.1 Å². The van der Waals surface area contributed by atoms with E-state index in [9.17, 15) is 24.2 Å². The van der Waals surface area contributed by atoms with Gasteiger partial charge < -0.3 is 30.3 Å². The molecule has 3 aromatic carbocycles. The third-order valence-corrected chi connectivity index (χ3v) is 7.87. The molecule has 1 saturated carbocycles. The molecule has 0 aromatic heterocycles. The minimum Gasteiger partial charge on any atom is -0.504 e. The summed E-state index contributed by atoms with van der Waals surface area (Å²) >= 11 is 0. The van der Waals surface area contributed by atoms with E-state index >= 15 is 0 Å². The van der Waals surface area contributed by atoms with Gasteiger partial charge in [-0.2, -0.15) is 0 Å². The van der Waals surface area contributed by atoms with Gasteiger partial charge in [-0.05, 0) is 66.1 Å². The minimum absolute atomic E-state index is 0.0473. The lowest BCUT2D eigenvalue weighted by atomic mass is 9.72. The molecule has 0 spiro atoms. The lowest BCUT2D eigenvalue weighted by Crippen LogP contribution is -2.39. The van der Waals surface area contributed by atoms with Crippen molar-refractivity contribution in [2.45, 2.75) is 59.2 Å². The number of ether oxygens (including phenoxy) is 2. The molecule has 3 unspecified atom stereocenters. The van der Waals surface area contributed by atoms with Gasteiger partial charge in [-0.25, -0.2) is 9.18 Å². The number of carboxylic acid groups (broad SMARTS) is 1. The molecule has 8 nitrogen and oxygen atoms in total. The topological polar surface area (TPSA) is 117 Å². The number of hydrogen-bond donors (Lipinski definition) is 4. The van der Waals surface area contributed by atoms with Crippen LogP contribution in [0, 0.1) is 23.6 Å². The number of hydrogen-bond acceptors (Lipinski definition) is 6. The van der Waals surface area contributed by atoms with Gasteiger partial charge in [-0.15, -0.1) is 0 Å². The zero-order valence-electron chi connectivity index (χ0n) is 24.2. The molecule has 42 heavy (non-hydrogen) atoms. The lowest BCUT2D eigenvalue weighted by molar-refractivity contribution is -0.132. The van der Waals surface area contributed by atoms with E-state index in [0.717, 1.165) is 24.1 Å². The average molecular weight is 579 g/mol. The van der Waals surface area contributed by atoms with Crippen LogP contribution in [0.2, 0.25) is 0 Å². The Morgan fingerprint density at radius 1 is 1.00 bits per heavy atom. The van der Waals surface area contributed by atoms with E-state index in [0.29, 0.717) is 24.3 Å². The summed E-state index contributed by atoms with van der Waals surface area (Å²) in [4.78, 5) is 23.8. The monoisotopic (exact) mass is 578 g/mol. The second-order valence-electron chi connectivity index (χ2n) is 11.2. The molecule has 0 bridgehead atoms. The van der Waals surface area contributed by atoms with Gasteiger partial charge in [0.2, 0.25) is 5.91 Å². The second-order valence-corrected chi connectivity index (χ2v) is 11.2. The molecule has 0 heterocycles. The number of amides is 1. The summed E-state index contributed by atoms with van der Waals surface area (Å²) in [5, 5.41) is 25.6. The van der Waals surface area contributed by atoms with E-state index in [-0.39, 0.29) is 47.8 Å². The fraction of sp³-hybridized carbons (Fsp3) is 0.394. The highest BCUT2D eigenvalue weighted by molar-refractivity contribution is 5.91. The Hall–Kier alpha value is -4.11. The van der Waals surface area contributed by atoms with Gasteiger partial charge >= 0.3 is 5.97 Å². The summed E-state index contributed by atoms with van der Waals surface area (Å²) < 4.78 is 26.5. The van der Waals surface area contributed by atoms with Gasteiger partial charge in [-0.1, -0.05) is 57.9 Å². The van der Waals surface area contributed by atoms with Crippen LogP contribution in [-0.2, 0) is 22.6 Å². The van der Waals surface area contributed by atoms with Crippen LogP contribution in [0.1, 0.15) is 61.5 Å². The molecule has 3 atom stereocenters. The Morgan fingerprint density at radius 2 is 1.71 bits per heavy atom. The average Bonchev–Trinajstić information content (AvgIpc) is 2.96. The highest BCUT2D eigenvalue weighted by Gasteiger charge is 2.33. The summed E-state index contributed by atoms with van der Waals surface area (Å²) in [5.74, 6) is -0.870. The Bertz CT molecular complexity index is 1380. The Labute approximate surface area is 245 Å². The fourth-order valence-corrected chi connectivity index (χ4v) is 5.74. The molecule has 4 rings (SSSR count). The smallest absolute Gasteiger partial charge is 0.339 e. The summed E-state index contributed by atoms with van der Waals surface area (Å²) in [6.45, 7) is 7.20. The van der Waals surface area contributed by atoms with Crippen LogP contribution in [0.15, 0.2) is 60.7 Å². The number of aromatic carboxylic acids is 1. The van der Waals surface area contributed by atoms with Crippen LogP contribution in [0.3, 0.4) is 0 Å². The maximum Gasteiger partial charge on any atom is 0.339 e. The number of anilines is 1. The molecule has 0 radical (unpaired) electrons. The van der Waals surface area contributed by atoms with E-state index < -0.39 is 17.5 Å². The third kappa shape index (κ3) is 7.79. The Morgan fingerprint density at radius 3 is 2.43 bits per heavy atom. The summed E-state index contributed by atoms with van der Waals surface area (Å²) in [6.07, 6.45) is 3.45. The summed E-state index contributed by atoms with van der Waals surface area (Å²) in [6, 6.07) is 15.8. The van der Waals surface area contributed by atoms with E-state index in [1.165, 1.54) is 36.8 Å². The van der Waals surface area contributed by atoms with Crippen molar-refractivity contribution in [3.05, 3.63) is 83.2 Å². The molecule has 0 aliphatic heterocycles. The molecule has 1 aliphatic carbocycles. The lowest BCUT2D eigenvalue weighted by Gasteiger charge is -2.38. The number of carboxylic acids is 1. The number of rotatable bonds is 12. The molecule has 1 aliphatic rings. The van der Waals surface area contributed by atoms with Crippen molar-refractivity contribution in [1.29, 1.82) is 0 Å². The van der Waals surface area contributed by atoms with E-state index in [2.05, 4.69) is 31.4 Å². The van der Waals surface area contributed by atoms with E-state index in [1.54, 1.807) is 6.07 Å². The summed E-state index contributed by atoms with van der Waals surface area (Å²) in [7, 11) is 0. The van der Waals surface area contributed by atoms with Crippen molar-refractivity contribution in [2.24, 2.45) is 17.8 Å². The number of halogens is 1. The number of nitrogens with one attached hydrogen (secondary N) is 2. The van der Waals surface area contributed by atoms with Gasteiger partial charge in [0.25, 0.3) is 0 Å². The Balaban J connectivity index is 1.30. The van der Waals surface area contributed by atoms with Gasteiger partial charge in [0.1, 0.15) is 23.7 Å². The fourth-order valence-electron chi connectivity index (χ4n) is 5.74. The third-order valence-electron chi connectivity index (χ3n) is 7.87. The number of benzene rings is 3. The number of carbonyl (C=O) groups excluding carboxylic acids is 1. The first-order chi connectivity index (χ1) is 20.1. The van der Waals surface area contributed by atoms with Crippen LogP contribution < -0.4 is 15.4 Å². The van der Waals surface area contributed by atoms with Gasteiger partial charge in [0.15, 0.2) is 11.5 Å². The molecule has 1 amide bonds. The van der Waals surface area contributed by atoms with Crippen molar-refractivity contribution < 1.29 is 33.7 Å². The van der Waals surface area contributed by atoms with Gasteiger partial charge in [0, 0.05) is 24.3 Å². The van der Waals surface area contributed by atoms with Crippen LogP contribution in [0.25, 0.3) is 0 Å². The van der Waals surface area contributed by atoms with Crippen molar-refractivity contribution >= 4 is 17.6 Å². The standard InChI is InChI=1S/C33H39FN2O6/c1-20(2)31-21(3)7-4-11-28(31)41-19-30(37)36-17-22-13-15-23(16-14-22)35-18-25-26(34)9-6-10-27(25)42-29-12-5-8-24(32(29)38)33(39)40/h5-6,8-10,12-16,20-21,28,31,35,38H,4,7,11,17-19H2,1-3H3,(H,36,37)(H,39,40). The molecular formula is C33H39FN2O6. The molecule has 4 N–H and O–H groups in total. The van der Waals surface area contributed by atoms with Crippen molar-refractivity contribution in [1.82, 2.24) is 5.32 Å². The van der Waals surface area contributed by atoms with Gasteiger partial charge in [-0.3, -0.25) is 4.79 Å². The predicted octanol–water partition coefficient (Wildman–Crippen LogP) is 6.73. The van der Waals surface area contributed by atoms with E-state index in [1.807, 2.05) is 24.3 Å². The Kier molecular flexibility index (Phi) is 10.4. The number of phenols is 1. The van der Waals surface area contributed by atoms with Crippen molar-refractivity contribution in [3.63, 3.8) is 0 Å². The van der Waals surface area contributed by atoms with Crippen LogP contribution in [0.5, 0.6) is 17.2 Å². The predicted molar refractivity (Wildman–Crippen MR) is 158 cm³/mol. The largest absolute Gasteiger partial charge is 0.504 e. The molecular weight excluding hydrogens is 539 g/mol. The minimum atomic E-state index is -1.30. The second kappa shape index (κ2) is 14.2. The normalized spacial score (nSPS) is 18.5. The maximum atomic E-state index is 14.7. The highest BCUT2D eigenvalue weighted by Crippen LogP contribution is 2.37. The number of carbonyl (C=O) groups is 2. The van der Waals surface area contributed by atoms with E-state index in [4.69, 9.17) is 9.47 Å². The first kappa shape index (κ1) is 30.8. The molecule has 0 saturated heterocycles. The zero-order valence-corrected chi connectivity index (χ0v) is 24.2. The first-order valence-corrected chi connectivity index (χ1v) is 14.4. The molecule has 3 aromatic rings. The quantitative estimate of drug-likeness (QED) is 0.188. The maximum absolute atomic E-state index is 14.7. The van der Waals surface area contributed by atoms with Gasteiger partial charge in [0.05, 0.1) is 6.10 Å². The zero-order chi connectivity index (χ0) is 30.2. The highest BCUT2D eigenvalue weighted by atomic mass is 19.1. The van der Waals surface area contributed by atoms with Crippen molar-refractivity contribution in [3.8, 4) is 17.2 Å².